The van der Waals surface area contributed by atoms with Crippen LogP contribution in [0.25, 0.3) is 11.0 Å². The van der Waals surface area contributed by atoms with Crippen molar-refractivity contribution in [2.75, 3.05) is 18.0 Å². The van der Waals surface area contributed by atoms with Crippen molar-refractivity contribution in [1.82, 2.24) is 9.97 Å². The predicted molar refractivity (Wildman–Crippen MR) is 82.5 cm³/mol. The second kappa shape index (κ2) is 4.75. The lowest BCUT2D eigenvalue weighted by Gasteiger charge is -2.38. The number of rotatable bonds is 1. The molecule has 0 aliphatic carbocycles. The number of halogens is 1. The van der Waals surface area contributed by atoms with Crippen molar-refractivity contribution >= 4 is 32.7 Å². The van der Waals surface area contributed by atoms with Gasteiger partial charge in [-0.15, -0.1) is 0 Å². The van der Waals surface area contributed by atoms with Crippen LogP contribution >= 0.6 is 15.9 Å². The Labute approximate surface area is 122 Å². The number of aromatic nitrogens is 2. The van der Waals surface area contributed by atoms with E-state index in [2.05, 4.69) is 50.7 Å². The highest BCUT2D eigenvalue weighted by Gasteiger charge is 2.26. The summed E-state index contributed by atoms with van der Waals surface area (Å²) >= 11 is 3.45. The van der Waals surface area contributed by atoms with Crippen LogP contribution in [0.4, 0.5) is 5.69 Å². The zero-order valence-corrected chi connectivity index (χ0v) is 12.9. The third kappa shape index (κ3) is 2.59. The SMILES string of the molecule is CC1(C)CCN(c2ccnc3cc(Br)cnc23)CC1. The molecule has 3 nitrogen and oxygen atoms in total. The van der Waals surface area contributed by atoms with Crippen molar-refractivity contribution in [1.29, 1.82) is 0 Å². The number of nitrogens with zero attached hydrogens (tertiary/aromatic N) is 3. The van der Waals surface area contributed by atoms with Gasteiger partial charge in [-0.3, -0.25) is 9.97 Å². The standard InChI is InChI=1S/C15H18BrN3/c1-15(2)4-7-19(8-5-15)13-3-6-17-12-9-11(16)10-18-14(12)13/h3,6,9-10H,4-5,7-8H2,1-2H3. The third-order valence-electron chi connectivity index (χ3n) is 3.98. The molecule has 100 valence electrons. The van der Waals surface area contributed by atoms with Crippen molar-refractivity contribution in [3.8, 4) is 0 Å². The molecule has 2 aromatic rings. The minimum atomic E-state index is 0.468. The molecule has 0 atom stereocenters. The first-order chi connectivity index (χ1) is 9.05. The van der Waals surface area contributed by atoms with E-state index in [0.29, 0.717) is 5.41 Å². The topological polar surface area (TPSA) is 29.0 Å². The molecule has 1 saturated heterocycles. The minimum Gasteiger partial charge on any atom is -0.370 e. The molecule has 2 aromatic heterocycles. The summed E-state index contributed by atoms with van der Waals surface area (Å²) in [5.41, 5.74) is 3.64. The van der Waals surface area contributed by atoms with E-state index in [1.807, 2.05) is 18.5 Å². The quantitative estimate of drug-likeness (QED) is 0.795. The average molecular weight is 320 g/mol. The van der Waals surface area contributed by atoms with Gasteiger partial charge in [0.05, 0.1) is 11.2 Å². The molecular formula is C15H18BrN3. The predicted octanol–water partition coefficient (Wildman–Crippen LogP) is 4.02. The first-order valence-electron chi connectivity index (χ1n) is 6.70. The van der Waals surface area contributed by atoms with Crippen molar-refractivity contribution < 1.29 is 0 Å². The second-order valence-corrected chi connectivity index (χ2v) is 6.92. The summed E-state index contributed by atoms with van der Waals surface area (Å²) in [5.74, 6) is 0. The smallest absolute Gasteiger partial charge is 0.112 e. The molecule has 1 fully saturated rings. The van der Waals surface area contributed by atoms with Gasteiger partial charge >= 0.3 is 0 Å². The average Bonchev–Trinajstić information content (AvgIpc) is 2.38. The summed E-state index contributed by atoms with van der Waals surface area (Å²) in [7, 11) is 0. The highest BCUT2D eigenvalue weighted by Crippen LogP contribution is 2.34. The summed E-state index contributed by atoms with van der Waals surface area (Å²) in [6, 6.07) is 4.11. The Morgan fingerprint density at radius 3 is 2.68 bits per heavy atom. The van der Waals surface area contributed by atoms with Gasteiger partial charge in [0, 0.05) is 30.0 Å². The first-order valence-corrected chi connectivity index (χ1v) is 7.50. The number of piperidine rings is 1. The van der Waals surface area contributed by atoms with E-state index in [4.69, 9.17) is 0 Å². The highest BCUT2D eigenvalue weighted by molar-refractivity contribution is 9.10. The number of pyridine rings is 2. The van der Waals surface area contributed by atoms with Crippen molar-refractivity contribution in [2.45, 2.75) is 26.7 Å². The van der Waals surface area contributed by atoms with Crippen molar-refractivity contribution in [3.63, 3.8) is 0 Å². The molecular weight excluding hydrogens is 302 g/mol. The van der Waals surface area contributed by atoms with Gasteiger partial charge in [0.2, 0.25) is 0 Å². The molecule has 1 aliphatic rings. The van der Waals surface area contributed by atoms with Crippen LogP contribution in [-0.4, -0.2) is 23.1 Å². The molecule has 4 heteroatoms. The number of hydrogen-bond donors (Lipinski definition) is 0. The molecule has 3 rings (SSSR count). The number of hydrogen-bond acceptors (Lipinski definition) is 3. The van der Waals surface area contributed by atoms with E-state index in [9.17, 15) is 0 Å². The van der Waals surface area contributed by atoms with Gasteiger partial charge in [-0.1, -0.05) is 13.8 Å². The van der Waals surface area contributed by atoms with Crippen LogP contribution in [0.3, 0.4) is 0 Å². The largest absolute Gasteiger partial charge is 0.370 e. The Balaban J connectivity index is 1.97. The summed E-state index contributed by atoms with van der Waals surface area (Å²) in [6.07, 6.45) is 6.19. The molecule has 3 heterocycles. The second-order valence-electron chi connectivity index (χ2n) is 6.00. The van der Waals surface area contributed by atoms with Crippen LogP contribution in [0.5, 0.6) is 0 Å². The molecule has 0 bridgehead atoms. The van der Waals surface area contributed by atoms with Gasteiger partial charge in [-0.25, -0.2) is 0 Å². The molecule has 0 N–H and O–H groups in total. The van der Waals surface area contributed by atoms with Gasteiger partial charge in [0.15, 0.2) is 0 Å². The van der Waals surface area contributed by atoms with Gasteiger partial charge in [-0.05, 0) is 46.3 Å². The maximum absolute atomic E-state index is 4.54. The summed E-state index contributed by atoms with van der Waals surface area (Å²) < 4.78 is 0.976. The zero-order valence-electron chi connectivity index (χ0n) is 11.4. The van der Waals surface area contributed by atoms with E-state index in [1.54, 1.807) is 0 Å². The fourth-order valence-electron chi connectivity index (χ4n) is 2.60. The molecule has 1 aliphatic heterocycles. The Morgan fingerprint density at radius 2 is 1.95 bits per heavy atom. The maximum atomic E-state index is 4.54. The zero-order chi connectivity index (χ0) is 13.5. The number of fused-ring (bicyclic) bond motifs is 1. The molecule has 19 heavy (non-hydrogen) atoms. The van der Waals surface area contributed by atoms with Gasteiger partial charge in [-0.2, -0.15) is 0 Å². The Hall–Kier alpha value is -1.16. The molecule has 0 radical (unpaired) electrons. The fourth-order valence-corrected chi connectivity index (χ4v) is 2.92. The lowest BCUT2D eigenvalue weighted by molar-refractivity contribution is 0.280. The van der Waals surface area contributed by atoms with E-state index < -0.39 is 0 Å². The molecule has 0 aromatic carbocycles. The minimum absolute atomic E-state index is 0.468. The Bertz CT molecular complexity index is 599. The van der Waals surface area contributed by atoms with Crippen LogP contribution < -0.4 is 4.90 Å². The van der Waals surface area contributed by atoms with Crippen molar-refractivity contribution in [2.24, 2.45) is 5.41 Å². The van der Waals surface area contributed by atoms with E-state index in [0.717, 1.165) is 28.6 Å². The molecule has 0 unspecified atom stereocenters. The Morgan fingerprint density at radius 1 is 1.21 bits per heavy atom. The third-order valence-corrected chi connectivity index (χ3v) is 4.41. The summed E-state index contributed by atoms with van der Waals surface area (Å²) in [4.78, 5) is 11.4. The lowest BCUT2D eigenvalue weighted by Crippen LogP contribution is -2.37. The first kappa shape index (κ1) is 12.9. The van der Waals surface area contributed by atoms with E-state index >= 15 is 0 Å². The van der Waals surface area contributed by atoms with Crippen LogP contribution in [0.1, 0.15) is 26.7 Å². The molecule has 0 spiro atoms. The van der Waals surface area contributed by atoms with Crippen molar-refractivity contribution in [3.05, 3.63) is 29.0 Å². The Kier molecular flexibility index (Phi) is 3.21. The number of anilines is 1. The van der Waals surface area contributed by atoms with Crippen LogP contribution in [0, 0.1) is 5.41 Å². The highest BCUT2D eigenvalue weighted by atomic mass is 79.9. The maximum Gasteiger partial charge on any atom is 0.112 e. The van der Waals surface area contributed by atoms with Gasteiger partial charge < -0.3 is 4.90 Å². The summed E-state index contributed by atoms with van der Waals surface area (Å²) in [6.45, 7) is 6.91. The van der Waals surface area contributed by atoms with Crippen LogP contribution in [0.15, 0.2) is 29.0 Å². The molecule has 0 saturated carbocycles. The summed E-state index contributed by atoms with van der Waals surface area (Å²) in [5, 5.41) is 0. The van der Waals surface area contributed by atoms with E-state index in [-0.39, 0.29) is 0 Å². The van der Waals surface area contributed by atoms with Crippen LogP contribution in [0.2, 0.25) is 0 Å². The van der Waals surface area contributed by atoms with Gasteiger partial charge in [0.25, 0.3) is 0 Å². The van der Waals surface area contributed by atoms with Crippen LogP contribution in [-0.2, 0) is 0 Å². The molecule has 0 amide bonds. The van der Waals surface area contributed by atoms with E-state index in [1.165, 1.54) is 18.5 Å². The van der Waals surface area contributed by atoms with Gasteiger partial charge in [0.1, 0.15) is 5.52 Å². The lowest BCUT2D eigenvalue weighted by atomic mass is 9.82. The normalized spacial score (nSPS) is 18.8. The monoisotopic (exact) mass is 319 g/mol. The fraction of sp³-hybridized carbons (Fsp3) is 0.467.